The third kappa shape index (κ3) is 4.77. The molecule has 1 rings (SSSR count). The molecule has 0 aliphatic carbocycles. The maximum Gasteiger partial charge on any atom is 0.132 e. The van der Waals surface area contributed by atoms with Crippen LogP contribution in [0.4, 0.5) is 0 Å². The van der Waals surface area contributed by atoms with Gasteiger partial charge in [0, 0.05) is 12.8 Å². The molecule has 0 aliphatic heterocycles. The molecule has 0 spiro atoms. The minimum atomic E-state index is 0. The van der Waals surface area contributed by atoms with E-state index in [-0.39, 0.29) is 6.15 Å². The van der Waals surface area contributed by atoms with Crippen molar-refractivity contribution in [3.63, 3.8) is 0 Å². The molecule has 0 amide bonds. The monoisotopic (exact) mass is 193 g/mol. The van der Waals surface area contributed by atoms with Crippen LogP contribution in [0.3, 0.4) is 0 Å². The summed E-state index contributed by atoms with van der Waals surface area (Å²) in [5.74, 6) is 0.371. The van der Waals surface area contributed by atoms with E-state index in [2.05, 4.69) is 12.1 Å². The lowest BCUT2D eigenvalue weighted by molar-refractivity contribution is -0.118. The number of aryl methyl sites for hydroxylation is 1. The van der Waals surface area contributed by atoms with Crippen molar-refractivity contribution in [1.29, 1.82) is 0 Å². The van der Waals surface area contributed by atoms with Gasteiger partial charge in [0.25, 0.3) is 0 Å². The van der Waals surface area contributed by atoms with E-state index in [0.29, 0.717) is 12.2 Å². The number of hydrogen-bond donors (Lipinski definition) is 1. The van der Waals surface area contributed by atoms with Crippen molar-refractivity contribution in [3.05, 3.63) is 35.9 Å². The zero-order chi connectivity index (χ0) is 9.52. The van der Waals surface area contributed by atoms with E-state index in [9.17, 15) is 4.79 Å². The first-order valence-corrected chi connectivity index (χ1v) is 4.88. The first-order chi connectivity index (χ1) is 6.33. The van der Waals surface area contributed by atoms with Gasteiger partial charge < -0.3 is 6.15 Å². The summed E-state index contributed by atoms with van der Waals surface area (Å²) >= 11 is 0. The molecule has 1 aromatic rings. The van der Waals surface area contributed by atoms with Gasteiger partial charge in [-0.3, -0.25) is 4.79 Å². The SMILES string of the molecule is CCC(=O)CCCc1ccccc1.N. The molecule has 0 fully saturated rings. The molecule has 0 unspecified atom stereocenters. The van der Waals surface area contributed by atoms with E-state index in [1.807, 2.05) is 25.1 Å². The lowest BCUT2D eigenvalue weighted by Crippen LogP contribution is -1.95. The van der Waals surface area contributed by atoms with Crippen LogP contribution in [-0.2, 0) is 11.2 Å². The summed E-state index contributed by atoms with van der Waals surface area (Å²) < 4.78 is 0. The van der Waals surface area contributed by atoms with Crippen LogP contribution in [0.15, 0.2) is 30.3 Å². The second-order valence-corrected chi connectivity index (χ2v) is 3.23. The van der Waals surface area contributed by atoms with Crippen molar-refractivity contribution in [1.82, 2.24) is 6.15 Å². The minimum absolute atomic E-state index is 0. The first-order valence-electron chi connectivity index (χ1n) is 4.88. The van der Waals surface area contributed by atoms with Crippen LogP contribution in [0, 0.1) is 0 Å². The Bertz CT molecular complexity index is 256. The third-order valence-electron chi connectivity index (χ3n) is 2.16. The smallest absolute Gasteiger partial charge is 0.132 e. The summed E-state index contributed by atoms with van der Waals surface area (Å²) in [7, 11) is 0. The van der Waals surface area contributed by atoms with Crippen molar-refractivity contribution < 1.29 is 4.79 Å². The topological polar surface area (TPSA) is 52.1 Å². The van der Waals surface area contributed by atoms with Gasteiger partial charge in [-0.05, 0) is 18.4 Å². The lowest BCUT2D eigenvalue weighted by Gasteiger charge is -1.99. The highest BCUT2D eigenvalue weighted by atomic mass is 16.1. The van der Waals surface area contributed by atoms with Crippen molar-refractivity contribution in [2.75, 3.05) is 0 Å². The van der Waals surface area contributed by atoms with E-state index in [1.54, 1.807) is 0 Å². The maximum atomic E-state index is 11.0. The lowest BCUT2D eigenvalue weighted by atomic mass is 10.1. The summed E-state index contributed by atoms with van der Waals surface area (Å²) in [6.07, 6.45) is 3.41. The summed E-state index contributed by atoms with van der Waals surface area (Å²) in [5.41, 5.74) is 1.33. The van der Waals surface area contributed by atoms with Crippen LogP contribution in [0.25, 0.3) is 0 Å². The van der Waals surface area contributed by atoms with Crippen LogP contribution in [-0.4, -0.2) is 5.78 Å². The highest BCUT2D eigenvalue weighted by Gasteiger charge is 1.97. The quantitative estimate of drug-likeness (QED) is 0.781. The number of ketones is 1. The minimum Gasteiger partial charge on any atom is -0.344 e. The first kappa shape index (κ1) is 12.8. The van der Waals surface area contributed by atoms with Crippen LogP contribution < -0.4 is 6.15 Å². The average molecular weight is 193 g/mol. The van der Waals surface area contributed by atoms with Crippen molar-refractivity contribution in [2.45, 2.75) is 32.6 Å². The van der Waals surface area contributed by atoms with Gasteiger partial charge in [-0.1, -0.05) is 37.3 Å². The third-order valence-corrected chi connectivity index (χ3v) is 2.16. The molecular formula is C12H19NO. The molecule has 78 valence electrons. The number of Topliss-reactive ketones (excluding diaryl/α,β-unsaturated/α-hetero) is 1. The van der Waals surface area contributed by atoms with E-state index in [0.717, 1.165) is 19.3 Å². The number of rotatable bonds is 5. The van der Waals surface area contributed by atoms with E-state index in [4.69, 9.17) is 0 Å². The van der Waals surface area contributed by atoms with E-state index < -0.39 is 0 Å². The van der Waals surface area contributed by atoms with Crippen LogP contribution in [0.2, 0.25) is 0 Å². The van der Waals surface area contributed by atoms with Crippen LogP contribution in [0.1, 0.15) is 31.7 Å². The Morgan fingerprint density at radius 1 is 1.21 bits per heavy atom. The van der Waals surface area contributed by atoms with Crippen LogP contribution >= 0.6 is 0 Å². The summed E-state index contributed by atoms with van der Waals surface area (Å²) in [5, 5.41) is 0. The normalized spacial score (nSPS) is 9.21. The molecule has 0 heterocycles. The molecule has 0 atom stereocenters. The molecule has 0 aromatic heterocycles. The van der Waals surface area contributed by atoms with Gasteiger partial charge in [-0.25, -0.2) is 0 Å². The molecule has 0 bridgehead atoms. The molecule has 1 aromatic carbocycles. The molecule has 0 saturated heterocycles. The summed E-state index contributed by atoms with van der Waals surface area (Å²) in [4.78, 5) is 11.0. The van der Waals surface area contributed by atoms with Gasteiger partial charge in [0.05, 0.1) is 0 Å². The fraction of sp³-hybridized carbons (Fsp3) is 0.417. The van der Waals surface area contributed by atoms with Crippen molar-refractivity contribution in [2.24, 2.45) is 0 Å². The fourth-order valence-electron chi connectivity index (χ4n) is 1.31. The van der Waals surface area contributed by atoms with Gasteiger partial charge in [0.1, 0.15) is 5.78 Å². The number of hydrogen-bond acceptors (Lipinski definition) is 2. The Balaban J connectivity index is 0.00000169. The molecule has 3 N–H and O–H groups in total. The van der Waals surface area contributed by atoms with E-state index >= 15 is 0 Å². The molecule has 0 radical (unpaired) electrons. The van der Waals surface area contributed by atoms with E-state index in [1.165, 1.54) is 5.56 Å². The maximum absolute atomic E-state index is 11.0. The van der Waals surface area contributed by atoms with Gasteiger partial charge in [-0.15, -0.1) is 0 Å². The van der Waals surface area contributed by atoms with Gasteiger partial charge in [-0.2, -0.15) is 0 Å². The Hall–Kier alpha value is -1.15. The summed E-state index contributed by atoms with van der Waals surface area (Å²) in [6.45, 7) is 1.92. The average Bonchev–Trinajstić information content (AvgIpc) is 2.19. The molecule has 2 heteroatoms. The van der Waals surface area contributed by atoms with Crippen LogP contribution in [0.5, 0.6) is 0 Å². The Kier molecular flexibility index (Phi) is 6.68. The Labute approximate surface area is 85.9 Å². The van der Waals surface area contributed by atoms with Gasteiger partial charge in [0.2, 0.25) is 0 Å². The molecular weight excluding hydrogens is 174 g/mol. The standard InChI is InChI=1S/C12H16O.H3N/c1-2-12(13)10-6-9-11-7-4-3-5-8-11;/h3-5,7-8H,2,6,9-10H2,1H3;1H3. The summed E-state index contributed by atoms with van der Waals surface area (Å²) in [6, 6.07) is 10.3. The predicted octanol–water partition coefficient (Wildman–Crippen LogP) is 3.15. The Morgan fingerprint density at radius 2 is 1.86 bits per heavy atom. The van der Waals surface area contributed by atoms with Crippen molar-refractivity contribution >= 4 is 5.78 Å². The van der Waals surface area contributed by atoms with Crippen molar-refractivity contribution in [3.8, 4) is 0 Å². The zero-order valence-corrected chi connectivity index (χ0v) is 8.83. The Morgan fingerprint density at radius 3 is 2.43 bits per heavy atom. The number of carbonyl (C=O) groups is 1. The highest BCUT2D eigenvalue weighted by Crippen LogP contribution is 2.05. The molecule has 0 aliphatic rings. The molecule has 14 heavy (non-hydrogen) atoms. The number of carbonyl (C=O) groups excluding carboxylic acids is 1. The second-order valence-electron chi connectivity index (χ2n) is 3.23. The zero-order valence-electron chi connectivity index (χ0n) is 8.83. The fourth-order valence-corrected chi connectivity index (χ4v) is 1.31. The molecule has 2 nitrogen and oxygen atoms in total. The predicted molar refractivity (Wildman–Crippen MR) is 59.7 cm³/mol. The van der Waals surface area contributed by atoms with Gasteiger partial charge in [0.15, 0.2) is 0 Å². The number of benzene rings is 1. The second kappa shape index (κ2) is 7.27. The highest BCUT2D eigenvalue weighted by molar-refractivity contribution is 5.77. The van der Waals surface area contributed by atoms with Gasteiger partial charge >= 0.3 is 0 Å². The molecule has 0 saturated carbocycles. The largest absolute Gasteiger partial charge is 0.344 e.